The predicted molar refractivity (Wildman–Crippen MR) is 64.2 cm³/mol. The van der Waals surface area contributed by atoms with E-state index in [4.69, 9.17) is 0 Å². The van der Waals surface area contributed by atoms with Crippen LogP contribution in [-0.2, 0) is 4.79 Å². The van der Waals surface area contributed by atoms with Crippen LogP contribution in [-0.4, -0.2) is 50.6 Å². The van der Waals surface area contributed by atoms with Gasteiger partial charge in [0, 0.05) is 19.5 Å². The fraction of sp³-hybridized carbons (Fsp3) is 0.917. The Kier molecular flexibility index (Phi) is 4.18. The molecule has 2 N–H and O–H groups in total. The van der Waals surface area contributed by atoms with Crippen molar-refractivity contribution in [2.45, 2.75) is 19.3 Å². The first-order valence-electron chi connectivity index (χ1n) is 6.44. The van der Waals surface area contributed by atoms with E-state index in [9.17, 15) is 4.79 Å². The largest absolute Gasteiger partial charge is 0.359 e. The molecular formula is C12H23N3O. The van der Waals surface area contributed by atoms with Crippen LogP contribution < -0.4 is 10.6 Å². The Morgan fingerprint density at radius 1 is 1.38 bits per heavy atom. The molecule has 2 saturated heterocycles. The summed E-state index contributed by atoms with van der Waals surface area (Å²) in [6.07, 6.45) is 3.37. The van der Waals surface area contributed by atoms with E-state index in [1.807, 2.05) is 0 Å². The summed E-state index contributed by atoms with van der Waals surface area (Å²) in [6.45, 7) is 5.76. The molecule has 1 atom stereocenters. The molecule has 4 nitrogen and oxygen atoms in total. The van der Waals surface area contributed by atoms with Gasteiger partial charge in [-0.1, -0.05) is 0 Å². The summed E-state index contributed by atoms with van der Waals surface area (Å²) < 4.78 is 0. The summed E-state index contributed by atoms with van der Waals surface area (Å²) in [7, 11) is 1.74. The van der Waals surface area contributed by atoms with E-state index in [-0.39, 0.29) is 11.8 Å². The standard InChI is InChI=1S/C12H23N3O/c1-13-12(16)11-3-6-15(7-4-11)9-10-2-5-14-8-10/h10-11,14H,2-9H2,1H3,(H,13,16). The predicted octanol–water partition coefficient (Wildman–Crippen LogP) is 0.0539. The lowest BCUT2D eigenvalue weighted by molar-refractivity contribution is -0.125. The molecule has 4 heteroatoms. The number of nitrogens with zero attached hydrogens (tertiary/aromatic N) is 1. The van der Waals surface area contributed by atoms with Gasteiger partial charge in [-0.15, -0.1) is 0 Å². The van der Waals surface area contributed by atoms with Crippen molar-refractivity contribution in [3.8, 4) is 0 Å². The van der Waals surface area contributed by atoms with Crippen molar-refractivity contribution in [1.29, 1.82) is 0 Å². The number of carbonyl (C=O) groups excluding carboxylic acids is 1. The minimum Gasteiger partial charge on any atom is -0.359 e. The van der Waals surface area contributed by atoms with Crippen LogP contribution in [0.2, 0.25) is 0 Å². The number of rotatable bonds is 3. The maximum Gasteiger partial charge on any atom is 0.222 e. The van der Waals surface area contributed by atoms with Crippen molar-refractivity contribution < 1.29 is 4.79 Å². The minimum absolute atomic E-state index is 0.224. The Bertz CT molecular complexity index is 230. The van der Waals surface area contributed by atoms with E-state index in [1.165, 1.54) is 26.1 Å². The zero-order valence-corrected chi connectivity index (χ0v) is 10.2. The summed E-state index contributed by atoms with van der Waals surface area (Å²) in [4.78, 5) is 14.0. The molecule has 2 fully saturated rings. The first-order chi connectivity index (χ1) is 7.79. The van der Waals surface area contributed by atoms with Crippen molar-refractivity contribution in [3.63, 3.8) is 0 Å². The Hall–Kier alpha value is -0.610. The number of hydrogen-bond donors (Lipinski definition) is 2. The van der Waals surface area contributed by atoms with E-state index in [0.29, 0.717) is 0 Å². The second-order valence-corrected chi connectivity index (χ2v) is 5.05. The molecule has 2 aliphatic rings. The molecule has 0 bridgehead atoms. The molecule has 0 spiro atoms. The van der Waals surface area contributed by atoms with Crippen LogP contribution in [0.5, 0.6) is 0 Å². The van der Waals surface area contributed by atoms with Gasteiger partial charge in [-0.2, -0.15) is 0 Å². The second-order valence-electron chi connectivity index (χ2n) is 5.05. The first kappa shape index (κ1) is 11.9. The van der Waals surface area contributed by atoms with Gasteiger partial charge in [0.05, 0.1) is 0 Å². The summed E-state index contributed by atoms with van der Waals surface area (Å²) in [5.41, 5.74) is 0. The Balaban J connectivity index is 1.70. The van der Waals surface area contributed by atoms with Gasteiger partial charge in [0.25, 0.3) is 0 Å². The van der Waals surface area contributed by atoms with Gasteiger partial charge in [-0.05, 0) is 51.4 Å². The van der Waals surface area contributed by atoms with Crippen LogP contribution in [0.4, 0.5) is 0 Å². The molecule has 2 aliphatic heterocycles. The Labute approximate surface area is 97.8 Å². The number of amides is 1. The molecule has 92 valence electrons. The summed E-state index contributed by atoms with van der Waals surface area (Å²) in [6, 6.07) is 0. The normalized spacial score (nSPS) is 28.2. The van der Waals surface area contributed by atoms with Gasteiger partial charge in [-0.25, -0.2) is 0 Å². The van der Waals surface area contributed by atoms with Gasteiger partial charge in [0.15, 0.2) is 0 Å². The molecule has 1 amide bonds. The molecule has 1 unspecified atom stereocenters. The average Bonchev–Trinajstić information content (AvgIpc) is 2.82. The SMILES string of the molecule is CNC(=O)C1CCN(CC2CCNC2)CC1. The lowest BCUT2D eigenvalue weighted by Crippen LogP contribution is -2.41. The van der Waals surface area contributed by atoms with Crippen molar-refractivity contribution in [1.82, 2.24) is 15.5 Å². The fourth-order valence-corrected chi connectivity index (χ4v) is 2.82. The lowest BCUT2D eigenvalue weighted by Gasteiger charge is -2.32. The van der Waals surface area contributed by atoms with Crippen LogP contribution in [0.15, 0.2) is 0 Å². The monoisotopic (exact) mass is 225 g/mol. The summed E-state index contributed by atoms with van der Waals surface area (Å²) in [5, 5.41) is 6.16. The molecule has 0 aromatic rings. The van der Waals surface area contributed by atoms with E-state index in [2.05, 4.69) is 15.5 Å². The van der Waals surface area contributed by atoms with Crippen molar-refractivity contribution in [2.24, 2.45) is 11.8 Å². The quantitative estimate of drug-likeness (QED) is 0.713. The summed E-state index contributed by atoms with van der Waals surface area (Å²) in [5.74, 6) is 1.31. The highest BCUT2D eigenvalue weighted by Crippen LogP contribution is 2.19. The number of likely N-dealkylation sites (tertiary alicyclic amines) is 1. The molecular weight excluding hydrogens is 202 g/mol. The highest BCUT2D eigenvalue weighted by molar-refractivity contribution is 5.78. The number of hydrogen-bond acceptors (Lipinski definition) is 3. The number of nitrogens with one attached hydrogen (secondary N) is 2. The van der Waals surface area contributed by atoms with Gasteiger partial charge in [0.1, 0.15) is 0 Å². The summed E-state index contributed by atoms with van der Waals surface area (Å²) >= 11 is 0. The Morgan fingerprint density at radius 2 is 2.12 bits per heavy atom. The van der Waals surface area contributed by atoms with E-state index in [1.54, 1.807) is 7.05 Å². The molecule has 16 heavy (non-hydrogen) atoms. The van der Waals surface area contributed by atoms with Gasteiger partial charge >= 0.3 is 0 Å². The van der Waals surface area contributed by atoms with Gasteiger partial charge in [-0.3, -0.25) is 4.79 Å². The first-order valence-corrected chi connectivity index (χ1v) is 6.44. The zero-order valence-electron chi connectivity index (χ0n) is 10.2. The molecule has 0 radical (unpaired) electrons. The lowest BCUT2D eigenvalue weighted by atomic mass is 9.95. The molecule has 0 saturated carbocycles. The van der Waals surface area contributed by atoms with Crippen LogP contribution in [0.25, 0.3) is 0 Å². The third-order valence-electron chi connectivity index (χ3n) is 3.88. The molecule has 0 aliphatic carbocycles. The number of piperidine rings is 1. The molecule has 0 aromatic heterocycles. The average molecular weight is 225 g/mol. The minimum atomic E-state index is 0.224. The zero-order chi connectivity index (χ0) is 11.4. The van der Waals surface area contributed by atoms with Crippen LogP contribution in [0, 0.1) is 11.8 Å². The Morgan fingerprint density at radius 3 is 2.69 bits per heavy atom. The highest BCUT2D eigenvalue weighted by Gasteiger charge is 2.26. The van der Waals surface area contributed by atoms with Crippen LogP contribution in [0.1, 0.15) is 19.3 Å². The van der Waals surface area contributed by atoms with Gasteiger partial charge < -0.3 is 15.5 Å². The van der Waals surface area contributed by atoms with E-state index >= 15 is 0 Å². The second kappa shape index (κ2) is 5.64. The topological polar surface area (TPSA) is 44.4 Å². The van der Waals surface area contributed by atoms with Crippen LogP contribution in [0.3, 0.4) is 0 Å². The van der Waals surface area contributed by atoms with E-state index < -0.39 is 0 Å². The molecule has 2 rings (SSSR count). The number of carbonyl (C=O) groups is 1. The fourth-order valence-electron chi connectivity index (χ4n) is 2.82. The third kappa shape index (κ3) is 2.95. The molecule has 2 heterocycles. The van der Waals surface area contributed by atoms with Crippen molar-refractivity contribution >= 4 is 5.91 Å². The van der Waals surface area contributed by atoms with E-state index in [0.717, 1.165) is 31.8 Å². The smallest absolute Gasteiger partial charge is 0.222 e. The van der Waals surface area contributed by atoms with Crippen LogP contribution >= 0.6 is 0 Å². The van der Waals surface area contributed by atoms with Crippen molar-refractivity contribution in [3.05, 3.63) is 0 Å². The third-order valence-corrected chi connectivity index (χ3v) is 3.88. The maximum absolute atomic E-state index is 11.5. The highest BCUT2D eigenvalue weighted by atomic mass is 16.1. The van der Waals surface area contributed by atoms with Crippen molar-refractivity contribution in [2.75, 3.05) is 39.8 Å². The molecule has 0 aromatic carbocycles. The maximum atomic E-state index is 11.5. The van der Waals surface area contributed by atoms with Gasteiger partial charge in [0.2, 0.25) is 5.91 Å².